The molecule has 0 heterocycles. The number of hydrogen-bond acceptors (Lipinski definition) is 4. The van der Waals surface area contributed by atoms with Crippen LogP contribution in [0.2, 0.25) is 0 Å². The van der Waals surface area contributed by atoms with Gasteiger partial charge in [-0.15, -0.1) is 0 Å². The number of carbonyl (C=O) groups excluding carboxylic acids is 1. The molecule has 6 heteroatoms. The molecule has 1 atom stereocenters. The van der Waals surface area contributed by atoms with E-state index in [4.69, 9.17) is 4.74 Å². The summed E-state index contributed by atoms with van der Waals surface area (Å²) in [5, 5.41) is 15.0. The van der Waals surface area contributed by atoms with Crippen LogP contribution in [0.25, 0.3) is 0 Å². The normalized spacial score (nSPS) is 12.5. The largest absolute Gasteiger partial charge is 0.480 e. The van der Waals surface area contributed by atoms with Crippen LogP contribution in [0.3, 0.4) is 0 Å². The molecule has 1 aromatic rings. The molecule has 0 fully saturated rings. The lowest BCUT2D eigenvalue weighted by atomic mass is 10.1. The van der Waals surface area contributed by atoms with Crippen molar-refractivity contribution in [1.82, 2.24) is 10.6 Å². The Kier molecular flexibility index (Phi) is 8.26. The van der Waals surface area contributed by atoms with Crippen molar-refractivity contribution in [2.24, 2.45) is 0 Å². The molecule has 3 N–H and O–H groups in total. The van der Waals surface area contributed by atoms with E-state index < -0.39 is 23.7 Å². The summed E-state index contributed by atoms with van der Waals surface area (Å²) < 4.78 is 5.13. The van der Waals surface area contributed by atoms with Gasteiger partial charge in [0.15, 0.2) is 0 Å². The maximum absolute atomic E-state index is 11.5. The molecular weight excluding hydrogens is 308 g/mol. The monoisotopic (exact) mass is 336 g/mol. The molecule has 0 aliphatic rings. The molecule has 6 nitrogen and oxygen atoms in total. The van der Waals surface area contributed by atoms with Crippen LogP contribution in [0, 0.1) is 0 Å². The number of hydrogen-bond donors (Lipinski definition) is 3. The molecule has 1 amide bonds. The van der Waals surface area contributed by atoms with E-state index in [0.717, 1.165) is 5.56 Å². The number of nitrogens with one attached hydrogen (secondary N) is 2. The quantitative estimate of drug-likeness (QED) is 0.604. The highest BCUT2D eigenvalue weighted by Gasteiger charge is 2.17. The Balaban J connectivity index is 2.22. The number of rotatable bonds is 9. The van der Waals surface area contributed by atoms with E-state index >= 15 is 0 Å². The average Bonchev–Trinajstić information content (AvgIpc) is 2.48. The van der Waals surface area contributed by atoms with Crippen molar-refractivity contribution < 1.29 is 19.4 Å². The highest BCUT2D eigenvalue weighted by atomic mass is 16.6. The van der Waals surface area contributed by atoms with Gasteiger partial charge in [-0.25, -0.2) is 4.79 Å². The number of carboxylic acid groups (broad SMARTS) is 1. The summed E-state index contributed by atoms with van der Waals surface area (Å²) in [6.45, 7) is 6.42. The molecule has 0 saturated heterocycles. The van der Waals surface area contributed by atoms with Gasteiger partial charge in [-0.1, -0.05) is 30.3 Å². The maximum atomic E-state index is 11.5. The SMILES string of the molecule is CC(C)(C)OC(=O)NCCCCC(NCc1ccccc1)C(=O)O. The second-order valence-corrected chi connectivity index (χ2v) is 6.68. The molecule has 0 aromatic heterocycles. The first-order valence-corrected chi connectivity index (χ1v) is 8.25. The minimum absolute atomic E-state index is 0.445. The van der Waals surface area contributed by atoms with Crippen molar-refractivity contribution in [3.63, 3.8) is 0 Å². The number of benzene rings is 1. The second-order valence-electron chi connectivity index (χ2n) is 6.68. The summed E-state index contributed by atoms with van der Waals surface area (Å²) in [7, 11) is 0. The van der Waals surface area contributed by atoms with Gasteiger partial charge in [-0.05, 0) is 45.6 Å². The molecule has 1 unspecified atom stereocenters. The number of amides is 1. The molecule has 0 bridgehead atoms. The van der Waals surface area contributed by atoms with Crippen molar-refractivity contribution in [2.45, 2.75) is 58.2 Å². The topological polar surface area (TPSA) is 87.7 Å². The van der Waals surface area contributed by atoms with Crippen LogP contribution in [0.4, 0.5) is 4.79 Å². The lowest BCUT2D eigenvalue weighted by Gasteiger charge is -2.19. The number of ether oxygens (including phenoxy) is 1. The molecule has 0 spiro atoms. The first kappa shape index (κ1) is 20.0. The fourth-order valence-corrected chi connectivity index (χ4v) is 2.13. The average molecular weight is 336 g/mol. The maximum Gasteiger partial charge on any atom is 0.407 e. The molecule has 0 radical (unpaired) electrons. The zero-order valence-electron chi connectivity index (χ0n) is 14.7. The zero-order valence-corrected chi connectivity index (χ0v) is 14.7. The highest BCUT2D eigenvalue weighted by Crippen LogP contribution is 2.07. The van der Waals surface area contributed by atoms with Crippen molar-refractivity contribution in [1.29, 1.82) is 0 Å². The van der Waals surface area contributed by atoms with Gasteiger partial charge >= 0.3 is 12.1 Å². The van der Waals surface area contributed by atoms with Crippen LogP contribution in [0.5, 0.6) is 0 Å². The summed E-state index contributed by atoms with van der Waals surface area (Å²) >= 11 is 0. The smallest absolute Gasteiger partial charge is 0.407 e. The van der Waals surface area contributed by atoms with Crippen LogP contribution in [-0.2, 0) is 16.1 Å². The summed E-state index contributed by atoms with van der Waals surface area (Å²) in [6, 6.07) is 9.10. The predicted octanol–water partition coefficient (Wildman–Crippen LogP) is 2.92. The number of aliphatic carboxylic acids is 1. The van der Waals surface area contributed by atoms with Crippen molar-refractivity contribution in [3.05, 3.63) is 35.9 Å². The van der Waals surface area contributed by atoms with Crippen molar-refractivity contribution >= 4 is 12.1 Å². The van der Waals surface area contributed by atoms with Crippen LogP contribution >= 0.6 is 0 Å². The van der Waals surface area contributed by atoms with Gasteiger partial charge in [0.25, 0.3) is 0 Å². The van der Waals surface area contributed by atoms with E-state index in [9.17, 15) is 14.7 Å². The summed E-state index contributed by atoms with van der Waals surface area (Å²) in [6.07, 6.45) is 1.47. The van der Waals surface area contributed by atoms with E-state index in [1.165, 1.54) is 0 Å². The van der Waals surface area contributed by atoms with Gasteiger partial charge in [0.05, 0.1) is 0 Å². The third-order valence-corrected chi connectivity index (χ3v) is 3.28. The third-order valence-electron chi connectivity index (χ3n) is 3.28. The Morgan fingerprint density at radius 1 is 1.17 bits per heavy atom. The Hall–Kier alpha value is -2.08. The van der Waals surface area contributed by atoms with Gasteiger partial charge in [-0.2, -0.15) is 0 Å². The summed E-state index contributed by atoms with van der Waals surface area (Å²) in [4.78, 5) is 22.8. The summed E-state index contributed by atoms with van der Waals surface area (Å²) in [5.41, 5.74) is 0.537. The molecule has 1 aromatic carbocycles. The van der Waals surface area contributed by atoms with E-state index in [-0.39, 0.29) is 0 Å². The van der Waals surface area contributed by atoms with Crippen LogP contribution < -0.4 is 10.6 Å². The zero-order chi connectivity index (χ0) is 18.0. The van der Waals surface area contributed by atoms with Crippen LogP contribution in [-0.4, -0.2) is 35.4 Å². The Labute approximate surface area is 143 Å². The van der Waals surface area contributed by atoms with Crippen molar-refractivity contribution in [2.75, 3.05) is 6.54 Å². The molecule has 0 aliphatic heterocycles. The second kappa shape index (κ2) is 9.93. The molecule has 1 rings (SSSR count). The van der Waals surface area contributed by atoms with Gasteiger partial charge in [0.2, 0.25) is 0 Å². The van der Waals surface area contributed by atoms with E-state index in [1.54, 1.807) is 0 Å². The molecule has 0 aliphatic carbocycles. The Morgan fingerprint density at radius 2 is 1.83 bits per heavy atom. The number of carboxylic acids is 1. The molecule has 134 valence electrons. The number of unbranched alkanes of at least 4 members (excludes halogenated alkanes) is 1. The van der Waals surface area contributed by atoms with E-state index in [0.29, 0.717) is 32.4 Å². The third kappa shape index (κ3) is 9.15. The van der Waals surface area contributed by atoms with Gasteiger partial charge in [0, 0.05) is 13.1 Å². The number of alkyl carbamates (subject to hydrolysis) is 1. The van der Waals surface area contributed by atoms with E-state index in [2.05, 4.69) is 10.6 Å². The van der Waals surface area contributed by atoms with Crippen LogP contribution in [0.1, 0.15) is 45.6 Å². The predicted molar refractivity (Wildman–Crippen MR) is 92.8 cm³/mol. The highest BCUT2D eigenvalue weighted by molar-refractivity contribution is 5.73. The van der Waals surface area contributed by atoms with Crippen molar-refractivity contribution in [3.8, 4) is 0 Å². The van der Waals surface area contributed by atoms with Crippen LogP contribution in [0.15, 0.2) is 30.3 Å². The van der Waals surface area contributed by atoms with E-state index in [1.807, 2.05) is 51.1 Å². The van der Waals surface area contributed by atoms with Gasteiger partial charge in [-0.3, -0.25) is 4.79 Å². The fraction of sp³-hybridized carbons (Fsp3) is 0.556. The Morgan fingerprint density at radius 3 is 2.42 bits per heavy atom. The fourth-order valence-electron chi connectivity index (χ4n) is 2.13. The lowest BCUT2D eigenvalue weighted by molar-refractivity contribution is -0.139. The molecule has 0 saturated carbocycles. The Bertz CT molecular complexity index is 512. The lowest BCUT2D eigenvalue weighted by Crippen LogP contribution is -2.36. The molecule has 24 heavy (non-hydrogen) atoms. The first-order chi connectivity index (χ1) is 11.3. The standard InChI is InChI=1S/C18H28N2O4/c1-18(2,3)24-17(23)19-12-8-7-11-15(16(21)22)20-13-14-9-5-4-6-10-14/h4-6,9-10,15,20H,7-8,11-13H2,1-3H3,(H,19,23)(H,21,22). The minimum atomic E-state index is -0.856. The van der Waals surface area contributed by atoms with Gasteiger partial charge in [0.1, 0.15) is 11.6 Å². The van der Waals surface area contributed by atoms with Gasteiger partial charge < -0.3 is 20.5 Å². The summed E-state index contributed by atoms with van der Waals surface area (Å²) in [5.74, 6) is -0.856. The minimum Gasteiger partial charge on any atom is -0.480 e. The molecular formula is C18H28N2O4. The number of carbonyl (C=O) groups is 2. The first-order valence-electron chi connectivity index (χ1n) is 8.25.